The third-order valence-corrected chi connectivity index (χ3v) is 6.62. The molecule has 0 unspecified atom stereocenters. The lowest BCUT2D eigenvalue weighted by atomic mass is 9.97. The van der Waals surface area contributed by atoms with E-state index >= 15 is 0 Å². The molecule has 1 aliphatic heterocycles. The second-order valence-electron chi connectivity index (χ2n) is 9.44. The van der Waals surface area contributed by atoms with Crippen LogP contribution in [0, 0.1) is 0 Å². The Balaban J connectivity index is 1.44. The van der Waals surface area contributed by atoms with Crippen LogP contribution in [0.4, 0.5) is 0 Å². The first kappa shape index (κ1) is 27.1. The number of aliphatic hydroxyl groups excluding tert-OH is 1. The minimum atomic E-state index is -0.828. The topological polar surface area (TPSA) is 66.4 Å². The summed E-state index contributed by atoms with van der Waals surface area (Å²) in [6, 6.07) is 39.3. The van der Waals surface area contributed by atoms with E-state index in [1.165, 1.54) is 0 Å². The number of ether oxygens (including phenoxy) is 5. The van der Waals surface area contributed by atoms with Gasteiger partial charge in [0.1, 0.15) is 30.2 Å². The molecular weight excluding hydrogens is 492 g/mol. The summed E-state index contributed by atoms with van der Waals surface area (Å²) in [4.78, 5) is 0. The van der Waals surface area contributed by atoms with Crippen LogP contribution in [0.1, 0.15) is 16.7 Å². The van der Waals surface area contributed by atoms with E-state index in [2.05, 4.69) is 0 Å². The quantitative estimate of drug-likeness (QED) is 0.262. The van der Waals surface area contributed by atoms with Crippen molar-refractivity contribution in [3.05, 3.63) is 138 Å². The Morgan fingerprint density at radius 2 is 0.923 bits per heavy atom. The average molecular weight is 527 g/mol. The van der Waals surface area contributed by atoms with Gasteiger partial charge in [0.15, 0.2) is 0 Å². The van der Waals surface area contributed by atoms with Crippen LogP contribution < -0.4 is 4.74 Å². The summed E-state index contributed by atoms with van der Waals surface area (Å²) >= 11 is 0. The van der Waals surface area contributed by atoms with Gasteiger partial charge in [0.25, 0.3) is 0 Å². The summed E-state index contributed by atoms with van der Waals surface area (Å²) in [5, 5.41) is 10.4. The fourth-order valence-corrected chi connectivity index (χ4v) is 4.62. The molecule has 1 aliphatic rings. The van der Waals surface area contributed by atoms with Crippen molar-refractivity contribution >= 4 is 0 Å². The monoisotopic (exact) mass is 526 g/mol. The standard InChI is InChI=1S/C33H34O6/c34-21-29-30(35-22-25-13-5-1-6-14-25)31(36-23-26-15-7-2-8-16-26)32(37-24-27-17-9-3-10-18-27)33(39-29)38-28-19-11-4-12-20-28/h1-20,29-34H,21-24H2/t29-,30-,31+,32+,33+/m1/s1. The van der Waals surface area contributed by atoms with Gasteiger partial charge in [-0.25, -0.2) is 0 Å². The molecule has 1 fully saturated rings. The van der Waals surface area contributed by atoms with E-state index in [4.69, 9.17) is 23.7 Å². The van der Waals surface area contributed by atoms with Crippen LogP contribution >= 0.6 is 0 Å². The van der Waals surface area contributed by atoms with E-state index in [1.807, 2.05) is 121 Å². The van der Waals surface area contributed by atoms with Crippen LogP contribution in [-0.2, 0) is 38.8 Å². The molecule has 0 radical (unpaired) electrons. The highest BCUT2D eigenvalue weighted by Crippen LogP contribution is 2.32. The minimum absolute atomic E-state index is 0.259. The lowest BCUT2D eigenvalue weighted by molar-refractivity contribution is -0.308. The third-order valence-electron chi connectivity index (χ3n) is 6.62. The van der Waals surface area contributed by atoms with Crippen LogP contribution in [0.15, 0.2) is 121 Å². The molecule has 0 saturated carbocycles. The predicted molar refractivity (Wildman–Crippen MR) is 148 cm³/mol. The maximum atomic E-state index is 10.4. The number of benzene rings is 4. The van der Waals surface area contributed by atoms with Crippen molar-refractivity contribution in [2.24, 2.45) is 0 Å². The highest BCUT2D eigenvalue weighted by Gasteiger charge is 2.49. The number of rotatable bonds is 12. The lowest BCUT2D eigenvalue weighted by Gasteiger charge is -2.45. The van der Waals surface area contributed by atoms with E-state index < -0.39 is 30.7 Å². The summed E-state index contributed by atoms with van der Waals surface area (Å²) in [5.74, 6) is 0.637. The van der Waals surface area contributed by atoms with Gasteiger partial charge >= 0.3 is 0 Å². The van der Waals surface area contributed by atoms with Crippen LogP contribution in [-0.4, -0.2) is 42.4 Å². The van der Waals surface area contributed by atoms with Crippen molar-refractivity contribution in [1.29, 1.82) is 0 Å². The van der Waals surface area contributed by atoms with Crippen LogP contribution in [0.3, 0.4) is 0 Å². The Labute approximate surface area is 229 Å². The highest BCUT2D eigenvalue weighted by atomic mass is 16.7. The summed E-state index contributed by atoms with van der Waals surface area (Å²) < 4.78 is 32.1. The maximum Gasteiger partial charge on any atom is 0.229 e. The highest BCUT2D eigenvalue weighted by molar-refractivity contribution is 5.22. The molecule has 1 saturated heterocycles. The van der Waals surface area contributed by atoms with Crippen LogP contribution in [0.25, 0.3) is 0 Å². The molecule has 0 bridgehead atoms. The molecule has 4 aromatic rings. The molecule has 0 spiro atoms. The molecule has 4 aromatic carbocycles. The first-order valence-electron chi connectivity index (χ1n) is 13.2. The van der Waals surface area contributed by atoms with Gasteiger partial charge < -0.3 is 28.8 Å². The fourth-order valence-electron chi connectivity index (χ4n) is 4.62. The number of hydrogen-bond donors (Lipinski definition) is 1. The molecule has 1 heterocycles. The zero-order valence-corrected chi connectivity index (χ0v) is 21.8. The largest absolute Gasteiger partial charge is 0.462 e. The van der Waals surface area contributed by atoms with E-state index in [9.17, 15) is 5.11 Å². The van der Waals surface area contributed by atoms with Crippen molar-refractivity contribution in [2.75, 3.05) is 6.61 Å². The average Bonchev–Trinajstić information content (AvgIpc) is 3.00. The minimum Gasteiger partial charge on any atom is -0.462 e. The Bertz CT molecular complexity index is 1220. The van der Waals surface area contributed by atoms with E-state index in [-0.39, 0.29) is 6.61 Å². The Hall–Kier alpha value is -3.52. The number of aliphatic hydroxyl groups is 1. The Morgan fingerprint density at radius 3 is 1.38 bits per heavy atom. The first-order valence-corrected chi connectivity index (χ1v) is 13.2. The zero-order valence-electron chi connectivity index (χ0n) is 21.8. The Kier molecular flexibility index (Phi) is 9.74. The van der Waals surface area contributed by atoms with E-state index in [1.54, 1.807) is 0 Å². The van der Waals surface area contributed by atoms with Crippen LogP contribution in [0.5, 0.6) is 5.75 Å². The molecule has 39 heavy (non-hydrogen) atoms. The summed E-state index contributed by atoms with van der Waals surface area (Å²) in [6.07, 6.45) is -3.34. The summed E-state index contributed by atoms with van der Waals surface area (Å²) in [7, 11) is 0. The molecule has 0 aromatic heterocycles. The molecule has 6 heteroatoms. The smallest absolute Gasteiger partial charge is 0.229 e. The number of para-hydroxylation sites is 1. The molecule has 0 amide bonds. The van der Waals surface area contributed by atoms with Gasteiger partial charge in [0.05, 0.1) is 26.4 Å². The molecule has 5 rings (SSSR count). The SMILES string of the molecule is OC[C@H]1O[C@H](Oc2ccccc2)[C@@H](OCc2ccccc2)[C@@H](OCc2ccccc2)[C@@H]1OCc1ccccc1. The van der Waals surface area contributed by atoms with Crippen molar-refractivity contribution in [2.45, 2.75) is 50.5 Å². The molecule has 6 nitrogen and oxygen atoms in total. The third kappa shape index (κ3) is 7.53. The van der Waals surface area contributed by atoms with Crippen LogP contribution in [0.2, 0.25) is 0 Å². The molecule has 202 valence electrons. The number of hydrogen-bond acceptors (Lipinski definition) is 6. The maximum absolute atomic E-state index is 10.4. The van der Waals surface area contributed by atoms with Gasteiger partial charge in [-0.1, -0.05) is 109 Å². The van der Waals surface area contributed by atoms with Crippen molar-refractivity contribution < 1.29 is 28.8 Å². The normalized spacial score (nSPS) is 22.8. The first-order chi connectivity index (χ1) is 19.3. The van der Waals surface area contributed by atoms with Gasteiger partial charge in [-0.15, -0.1) is 0 Å². The zero-order chi connectivity index (χ0) is 26.7. The molecule has 5 atom stereocenters. The van der Waals surface area contributed by atoms with Crippen molar-refractivity contribution in [3.63, 3.8) is 0 Å². The summed E-state index contributed by atoms with van der Waals surface area (Å²) in [6.45, 7) is 0.763. The Morgan fingerprint density at radius 1 is 0.513 bits per heavy atom. The van der Waals surface area contributed by atoms with Gasteiger partial charge in [-0.05, 0) is 28.8 Å². The lowest BCUT2D eigenvalue weighted by Crippen LogP contribution is -2.62. The molecule has 0 aliphatic carbocycles. The van der Waals surface area contributed by atoms with E-state index in [0.29, 0.717) is 25.6 Å². The van der Waals surface area contributed by atoms with Gasteiger partial charge in [0.2, 0.25) is 6.29 Å². The van der Waals surface area contributed by atoms with E-state index in [0.717, 1.165) is 16.7 Å². The summed E-state index contributed by atoms with van der Waals surface area (Å²) in [5.41, 5.74) is 3.05. The van der Waals surface area contributed by atoms with Gasteiger partial charge in [-0.2, -0.15) is 0 Å². The van der Waals surface area contributed by atoms with Crippen molar-refractivity contribution in [3.8, 4) is 5.75 Å². The second-order valence-corrected chi connectivity index (χ2v) is 9.44. The van der Waals surface area contributed by atoms with Gasteiger partial charge in [-0.3, -0.25) is 0 Å². The molecular formula is C33H34O6. The van der Waals surface area contributed by atoms with Crippen molar-refractivity contribution in [1.82, 2.24) is 0 Å². The fraction of sp³-hybridized carbons (Fsp3) is 0.273. The molecule has 1 N–H and O–H groups in total. The second kappa shape index (κ2) is 14.0. The van der Waals surface area contributed by atoms with Gasteiger partial charge in [0, 0.05) is 0 Å². The predicted octanol–water partition coefficient (Wildman–Crippen LogP) is 5.54.